The Bertz CT molecular complexity index is 219. The second-order valence-corrected chi connectivity index (χ2v) is 7.27. The highest BCUT2D eigenvalue weighted by Crippen LogP contribution is 2.34. The number of rotatable bonds is 9. The summed E-state index contributed by atoms with van der Waals surface area (Å²) in [6.07, 6.45) is 11.0. The maximum absolute atomic E-state index is 5.70. The quantitative estimate of drug-likeness (QED) is 0.621. The standard InChI is InChI=1S/C17H36N2/c1-15(2)16(9-12-18)8-7-13-19-14-17(3)10-5-4-6-11-17/h15-16,19H,4-14,18H2,1-3H3. The van der Waals surface area contributed by atoms with E-state index >= 15 is 0 Å². The Balaban J connectivity index is 2.09. The molecule has 1 aliphatic carbocycles. The van der Waals surface area contributed by atoms with Crippen LogP contribution < -0.4 is 11.1 Å². The van der Waals surface area contributed by atoms with E-state index in [9.17, 15) is 0 Å². The van der Waals surface area contributed by atoms with Crippen molar-refractivity contribution in [3.8, 4) is 0 Å². The van der Waals surface area contributed by atoms with E-state index < -0.39 is 0 Å². The van der Waals surface area contributed by atoms with Crippen molar-refractivity contribution in [1.29, 1.82) is 0 Å². The molecule has 0 heterocycles. The van der Waals surface area contributed by atoms with Crippen LogP contribution in [0.1, 0.15) is 72.1 Å². The molecule has 114 valence electrons. The third-order valence-corrected chi connectivity index (χ3v) is 5.02. The second-order valence-electron chi connectivity index (χ2n) is 7.27. The highest BCUT2D eigenvalue weighted by Gasteiger charge is 2.25. The SMILES string of the molecule is CC(C)C(CCN)CCCNCC1(C)CCCCC1. The van der Waals surface area contributed by atoms with Crippen LogP contribution in [0.3, 0.4) is 0 Å². The van der Waals surface area contributed by atoms with Gasteiger partial charge in [-0.3, -0.25) is 0 Å². The van der Waals surface area contributed by atoms with E-state index in [1.54, 1.807) is 0 Å². The van der Waals surface area contributed by atoms with E-state index in [0.717, 1.165) is 18.4 Å². The highest BCUT2D eigenvalue weighted by atomic mass is 14.9. The van der Waals surface area contributed by atoms with E-state index in [1.165, 1.54) is 64.5 Å². The lowest BCUT2D eigenvalue weighted by molar-refractivity contribution is 0.207. The van der Waals surface area contributed by atoms with Crippen molar-refractivity contribution < 1.29 is 0 Å². The van der Waals surface area contributed by atoms with Gasteiger partial charge in [0.25, 0.3) is 0 Å². The van der Waals surface area contributed by atoms with Crippen molar-refractivity contribution in [1.82, 2.24) is 5.32 Å². The predicted molar refractivity (Wildman–Crippen MR) is 85.3 cm³/mol. The van der Waals surface area contributed by atoms with Gasteiger partial charge in [0.1, 0.15) is 0 Å². The summed E-state index contributed by atoms with van der Waals surface area (Å²) in [6.45, 7) is 10.4. The average molecular weight is 268 g/mol. The van der Waals surface area contributed by atoms with Gasteiger partial charge in [0.15, 0.2) is 0 Å². The Morgan fingerprint density at radius 2 is 1.79 bits per heavy atom. The van der Waals surface area contributed by atoms with Crippen LogP contribution in [-0.4, -0.2) is 19.6 Å². The van der Waals surface area contributed by atoms with Crippen molar-refractivity contribution in [2.24, 2.45) is 23.0 Å². The van der Waals surface area contributed by atoms with E-state index in [-0.39, 0.29) is 0 Å². The second kappa shape index (κ2) is 8.97. The van der Waals surface area contributed by atoms with Crippen LogP contribution in [0.5, 0.6) is 0 Å². The van der Waals surface area contributed by atoms with E-state index in [4.69, 9.17) is 5.73 Å². The first-order valence-electron chi connectivity index (χ1n) is 8.48. The molecule has 2 heteroatoms. The molecule has 0 bridgehead atoms. The lowest BCUT2D eigenvalue weighted by atomic mass is 9.76. The number of nitrogens with two attached hydrogens (primary N) is 1. The smallest absolute Gasteiger partial charge is 0.000516 e. The third-order valence-electron chi connectivity index (χ3n) is 5.02. The van der Waals surface area contributed by atoms with Gasteiger partial charge < -0.3 is 11.1 Å². The number of nitrogens with one attached hydrogen (secondary N) is 1. The summed E-state index contributed by atoms with van der Waals surface area (Å²) < 4.78 is 0. The van der Waals surface area contributed by atoms with Gasteiger partial charge in [0.05, 0.1) is 0 Å². The molecule has 0 aliphatic heterocycles. The first kappa shape index (κ1) is 17.0. The van der Waals surface area contributed by atoms with Gasteiger partial charge in [-0.2, -0.15) is 0 Å². The minimum atomic E-state index is 0.576. The van der Waals surface area contributed by atoms with Gasteiger partial charge in [-0.05, 0) is 62.4 Å². The van der Waals surface area contributed by atoms with E-state index in [0.29, 0.717) is 5.41 Å². The van der Waals surface area contributed by atoms with Gasteiger partial charge in [0, 0.05) is 6.54 Å². The summed E-state index contributed by atoms with van der Waals surface area (Å²) in [5, 5.41) is 3.70. The van der Waals surface area contributed by atoms with Crippen molar-refractivity contribution in [2.45, 2.75) is 72.1 Å². The molecule has 1 atom stereocenters. The Morgan fingerprint density at radius 1 is 1.11 bits per heavy atom. The molecule has 1 aliphatic rings. The molecule has 0 amide bonds. The molecule has 0 aromatic carbocycles. The van der Waals surface area contributed by atoms with Crippen molar-refractivity contribution in [3.05, 3.63) is 0 Å². The van der Waals surface area contributed by atoms with E-state index in [1.807, 2.05) is 0 Å². The zero-order valence-electron chi connectivity index (χ0n) is 13.5. The summed E-state index contributed by atoms with van der Waals surface area (Å²) in [7, 11) is 0. The van der Waals surface area contributed by atoms with Crippen molar-refractivity contribution >= 4 is 0 Å². The lowest BCUT2D eigenvalue weighted by Crippen LogP contribution is -2.34. The Labute approximate surface area is 120 Å². The number of hydrogen-bond acceptors (Lipinski definition) is 2. The molecule has 0 radical (unpaired) electrons. The molecule has 1 fully saturated rings. The molecule has 1 unspecified atom stereocenters. The maximum atomic E-state index is 5.70. The molecule has 19 heavy (non-hydrogen) atoms. The fourth-order valence-electron chi connectivity index (χ4n) is 3.49. The normalized spacial score (nSPS) is 20.7. The van der Waals surface area contributed by atoms with Gasteiger partial charge >= 0.3 is 0 Å². The summed E-state index contributed by atoms with van der Waals surface area (Å²) in [6, 6.07) is 0. The number of hydrogen-bond donors (Lipinski definition) is 2. The maximum Gasteiger partial charge on any atom is 0.000516 e. The molecule has 2 nitrogen and oxygen atoms in total. The minimum absolute atomic E-state index is 0.576. The Morgan fingerprint density at radius 3 is 2.37 bits per heavy atom. The molecular weight excluding hydrogens is 232 g/mol. The zero-order chi connectivity index (χ0) is 14.1. The van der Waals surface area contributed by atoms with Crippen LogP contribution in [0, 0.1) is 17.3 Å². The van der Waals surface area contributed by atoms with Crippen LogP contribution in [-0.2, 0) is 0 Å². The first-order valence-corrected chi connectivity index (χ1v) is 8.48. The zero-order valence-corrected chi connectivity index (χ0v) is 13.5. The molecule has 0 spiro atoms. The topological polar surface area (TPSA) is 38.0 Å². The Hall–Kier alpha value is -0.0800. The molecule has 3 N–H and O–H groups in total. The summed E-state index contributed by atoms with van der Waals surface area (Å²) in [5.41, 5.74) is 6.27. The molecule has 0 aromatic heterocycles. The van der Waals surface area contributed by atoms with Crippen LogP contribution in [0.4, 0.5) is 0 Å². The Kier molecular flexibility index (Phi) is 8.01. The van der Waals surface area contributed by atoms with Gasteiger partial charge in [-0.15, -0.1) is 0 Å². The van der Waals surface area contributed by atoms with Gasteiger partial charge in [-0.1, -0.05) is 40.0 Å². The monoisotopic (exact) mass is 268 g/mol. The molecular formula is C17H36N2. The van der Waals surface area contributed by atoms with E-state index in [2.05, 4.69) is 26.1 Å². The van der Waals surface area contributed by atoms with Gasteiger partial charge in [0.2, 0.25) is 0 Å². The summed E-state index contributed by atoms with van der Waals surface area (Å²) in [4.78, 5) is 0. The fraction of sp³-hybridized carbons (Fsp3) is 1.00. The van der Waals surface area contributed by atoms with Crippen LogP contribution >= 0.6 is 0 Å². The predicted octanol–water partition coefficient (Wildman–Crippen LogP) is 3.95. The van der Waals surface area contributed by atoms with Crippen LogP contribution in [0.2, 0.25) is 0 Å². The van der Waals surface area contributed by atoms with Crippen molar-refractivity contribution in [2.75, 3.05) is 19.6 Å². The summed E-state index contributed by atoms with van der Waals surface area (Å²) in [5.74, 6) is 1.59. The molecule has 0 aromatic rings. The fourth-order valence-corrected chi connectivity index (χ4v) is 3.49. The van der Waals surface area contributed by atoms with Crippen LogP contribution in [0.15, 0.2) is 0 Å². The molecule has 1 rings (SSSR count). The minimum Gasteiger partial charge on any atom is -0.330 e. The first-order chi connectivity index (χ1) is 9.07. The molecule has 1 saturated carbocycles. The third kappa shape index (κ3) is 6.76. The van der Waals surface area contributed by atoms with Gasteiger partial charge in [-0.25, -0.2) is 0 Å². The van der Waals surface area contributed by atoms with Crippen LogP contribution in [0.25, 0.3) is 0 Å². The summed E-state index contributed by atoms with van der Waals surface area (Å²) >= 11 is 0. The largest absolute Gasteiger partial charge is 0.330 e. The average Bonchev–Trinajstić information content (AvgIpc) is 2.37. The highest BCUT2D eigenvalue weighted by molar-refractivity contribution is 4.80. The lowest BCUT2D eigenvalue weighted by Gasteiger charge is -2.34. The molecule has 0 saturated heterocycles. The van der Waals surface area contributed by atoms with Crippen molar-refractivity contribution in [3.63, 3.8) is 0 Å².